The summed E-state index contributed by atoms with van der Waals surface area (Å²) in [7, 11) is 0. The van der Waals surface area contributed by atoms with E-state index in [0.29, 0.717) is 30.8 Å². The van der Waals surface area contributed by atoms with Gasteiger partial charge in [-0.1, -0.05) is 32.0 Å². The molecule has 2 aliphatic rings. The second-order valence-corrected chi connectivity index (χ2v) is 9.38. The summed E-state index contributed by atoms with van der Waals surface area (Å²) in [5.41, 5.74) is 2.07. The highest BCUT2D eigenvalue weighted by molar-refractivity contribution is 6.07. The number of benzene rings is 1. The van der Waals surface area contributed by atoms with Crippen LogP contribution < -0.4 is 15.5 Å². The number of piperazine rings is 1. The van der Waals surface area contributed by atoms with E-state index in [0.717, 1.165) is 16.9 Å². The van der Waals surface area contributed by atoms with Crippen molar-refractivity contribution in [2.45, 2.75) is 39.3 Å². The molecule has 4 rings (SSSR count). The van der Waals surface area contributed by atoms with Gasteiger partial charge in [-0.25, -0.2) is 9.78 Å². The maximum absolute atomic E-state index is 13.2. The summed E-state index contributed by atoms with van der Waals surface area (Å²) in [6.07, 6.45) is 1.81. The van der Waals surface area contributed by atoms with E-state index in [2.05, 4.69) is 26.6 Å². The smallest absolute Gasteiger partial charge is 0.322 e. The number of anilines is 1. The maximum Gasteiger partial charge on any atom is 0.322 e. The average molecular weight is 466 g/mol. The predicted octanol–water partition coefficient (Wildman–Crippen LogP) is 1.71. The molecule has 0 unspecified atom stereocenters. The fraction of sp³-hybridized carbons (Fsp3) is 0.440. The fourth-order valence-corrected chi connectivity index (χ4v) is 4.95. The molecule has 1 aromatic carbocycles. The second-order valence-electron chi connectivity index (χ2n) is 9.38. The molecule has 2 aromatic rings. The van der Waals surface area contributed by atoms with Crippen molar-refractivity contribution in [2.75, 3.05) is 31.1 Å². The Morgan fingerprint density at radius 3 is 2.47 bits per heavy atom. The number of urea groups is 1. The molecule has 0 aliphatic carbocycles. The SMILES string of the molecule is Cc1cnc(N2CCN(C(=O)c3ccc([C@@]4(C(C)C)NC(=O)NC4=O)cc3)C[C@@H]2CO)c(C)c1. The number of pyridine rings is 1. The van der Waals surface area contributed by atoms with Crippen LogP contribution in [0.5, 0.6) is 0 Å². The number of hydrogen-bond acceptors (Lipinski definition) is 6. The van der Waals surface area contributed by atoms with Gasteiger partial charge in [-0.2, -0.15) is 0 Å². The molecule has 4 amide bonds. The molecule has 1 aromatic heterocycles. The Hall–Kier alpha value is -3.46. The van der Waals surface area contributed by atoms with Crippen molar-refractivity contribution in [3.05, 3.63) is 58.8 Å². The van der Waals surface area contributed by atoms with Gasteiger partial charge in [0.05, 0.1) is 12.6 Å². The molecular formula is C25H31N5O4. The first-order valence-electron chi connectivity index (χ1n) is 11.5. The molecule has 34 heavy (non-hydrogen) atoms. The first kappa shape index (κ1) is 23.7. The summed E-state index contributed by atoms with van der Waals surface area (Å²) in [5, 5.41) is 15.1. The molecule has 0 spiro atoms. The third-order valence-electron chi connectivity index (χ3n) is 6.79. The summed E-state index contributed by atoms with van der Waals surface area (Å²) in [6, 6.07) is 8.09. The van der Waals surface area contributed by atoms with Crippen LogP contribution in [0.2, 0.25) is 0 Å². The van der Waals surface area contributed by atoms with Gasteiger partial charge < -0.3 is 20.2 Å². The lowest BCUT2D eigenvalue weighted by molar-refractivity contribution is -0.125. The zero-order chi connectivity index (χ0) is 24.6. The molecule has 180 valence electrons. The topological polar surface area (TPSA) is 115 Å². The van der Waals surface area contributed by atoms with E-state index in [1.54, 1.807) is 29.2 Å². The van der Waals surface area contributed by atoms with Gasteiger partial charge >= 0.3 is 6.03 Å². The minimum absolute atomic E-state index is 0.0938. The van der Waals surface area contributed by atoms with Crippen LogP contribution in [0, 0.1) is 19.8 Å². The number of hydrogen-bond donors (Lipinski definition) is 3. The molecule has 2 aliphatic heterocycles. The zero-order valence-electron chi connectivity index (χ0n) is 20.0. The number of aryl methyl sites for hydroxylation is 2. The number of aromatic nitrogens is 1. The van der Waals surface area contributed by atoms with Crippen molar-refractivity contribution in [3.63, 3.8) is 0 Å². The third kappa shape index (κ3) is 4.00. The fourth-order valence-electron chi connectivity index (χ4n) is 4.95. The Bertz CT molecular complexity index is 1120. The summed E-state index contributed by atoms with van der Waals surface area (Å²) in [5.74, 6) is 0.111. The lowest BCUT2D eigenvalue weighted by Crippen LogP contribution is -2.56. The lowest BCUT2D eigenvalue weighted by atomic mass is 9.79. The van der Waals surface area contributed by atoms with E-state index in [4.69, 9.17) is 0 Å². The predicted molar refractivity (Wildman–Crippen MR) is 127 cm³/mol. The molecule has 0 radical (unpaired) electrons. The standard InChI is InChI=1S/C25H31N5O4/c1-15(2)25(23(33)27-24(34)28-25)19-7-5-18(6-8-19)22(32)29-9-10-30(20(13-29)14-31)21-17(4)11-16(3)12-26-21/h5-8,11-12,15,20,31H,9-10,13-14H2,1-4H3,(H2,27,28,33,34)/t20-,25-/m1/s1. The Morgan fingerprint density at radius 1 is 1.21 bits per heavy atom. The highest BCUT2D eigenvalue weighted by Gasteiger charge is 2.50. The van der Waals surface area contributed by atoms with Gasteiger partial charge in [0.2, 0.25) is 0 Å². The van der Waals surface area contributed by atoms with Crippen molar-refractivity contribution in [1.82, 2.24) is 20.5 Å². The van der Waals surface area contributed by atoms with Crippen molar-refractivity contribution < 1.29 is 19.5 Å². The molecule has 0 bridgehead atoms. The number of nitrogens with zero attached hydrogens (tertiary/aromatic N) is 3. The monoisotopic (exact) mass is 465 g/mol. The minimum atomic E-state index is -1.16. The average Bonchev–Trinajstić information content (AvgIpc) is 3.13. The molecule has 0 saturated carbocycles. The van der Waals surface area contributed by atoms with Crippen LogP contribution in [0.25, 0.3) is 0 Å². The van der Waals surface area contributed by atoms with Crippen LogP contribution in [0.15, 0.2) is 36.5 Å². The van der Waals surface area contributed by atoms with Crippen LogP contribution in [-0.2, 0) is 10.3 Å². The highest BCUT2D eigenvalue weighted by atomic mass is 16.3. The summed E-state index contributed by atoms with van der Waals surface area (Å²) >= 11 is 0. The zero-order valence-corrected chi connectivity index (χ0v) is 20.0. The van der Waals surface area contributed by atoms with Gasteiger partial charge in [0.1, 0.15) is 11.4 Å². The second kappa shape index (κ2) is 9.06. The van der Waals surface area contributed by atoms with Crippen molar-refractivity contribution >= 4 is 23.7 Å². The third-order valence-corrected chi connectivity index (χ3v) is 6.79. The van der Waals surface area contributed by atoms with Gasteiger partial charge in [-0.3, -0.25) is 14.9 Å². The van der Waals surface area contributed by atoms with Crippen LogP contribution in [0.3, 0.4) is 0 Å². The number of carbonyl (C=O) groups excluding carboxylic acids is 3. The van der Waals surface area contributed by atoms with E-state index < -0.39 is 17.5 Å². The largest absolute Gasteiger partial charge is 0.394 e. The molecule has 3 N–H and O–H groups in total. The van der Waals surface area contributed by atoms with E-state index in [1.165, 1.54) is 0 Å². The number of aliphatic hydroxyl groups excluding tert-OH is 1. The van der Waals surface area contributed by atoms with Crippen LogP contribution in [0.1, 0.15) is 40.9 Å². The summed E-state index contributed by atoms with van der Waals surface area (Å²) < 4.78 is 0. The van der Waals surface area contributed by atoms with E-state index >= 15 is 0 Å². The Morgan fingerprint density at radius 2 is 1.91 bits per heavy atom. The van der Waals surface area contributed by atoms with Crippen LogP contribution in [-0.4, -0.2) is 65.1 Å². The van der Waals surface area contributed by atoms with Gasteiger partial charge in [0, 0.05) is 31.4 Å². The number of carbonyl (C=O) groups is 3. The van der Waals surface area contributed by atoms with Crippen molar-refractivity contribution in [1.29, 1.82) is 0 Å². The van der Waals surface area contributed by atoms with E-state index in [-0.39, 0.29) is 24.5 Å². The lowest BCUT2D eigenvalue weighted by Gasteiger charge is -2.42. The summed E-state index contributed by atoms with van der Waals surface area (Å²) in [6.45, 7) is 9.07. The molecule has 9 nitrogen and oxygen atoms in total. The van der Waals surface area contributed by atoms with Gasteiger partial charge in [-0.15, -0.1) is 0 Å². The quantitative estimate of drug-likeness (QED) is 0.579. The highest BCUT2D eigenvalue weighted by Crippen LogP contribution is 2.33. The number of nitrogens with one attached hydrogen (secondary N) is 2. The van der Waals surface area contributed by atoms with Crippen molar-refractivity contribution in [3.8, 4) is 0 Å². The molecular weight excluding hydrogens is 434 g/mol. The first-order valence-corrected chi connectivity index (χ1v) is 11.5. The number of aliphatic hydroxyl groups is 1. The van der Waals surface area contributed by atoms with Crippen LogP contribution in [0.4, 0.5) is 10.6 Å². The molecule has 3 heterocycles. The normalized spacial score (nSPS) is 22.7. The van der Waals surface area contributed by atoms with Crippen LogP contribution >= 0.6 is 0 Å². The Kier molecular flexibility index (Phi) is 6.31. The minimum Gasteiger partial charge on any atom is -0.394 e. The summed E-state index contributed by atoms with van der Waals surface area (Å²) in [4.78, 5) is 46.0. The molecule has 2 saturated heterocycles. The maximum atomic E-state index is 13.2. The Labute approximate surface area is 199 Å². The van der Waals surface area contributed by atoms with Gasteiger partial charge in [0.25, 0.3) is 11.8 Å². The molecule has 9 heteroatoms. The molecule has 2 atom stereocenters. The number of rotatable bonds is 5. The van der Waals surface area contributed by atoms with E-state index in [9.17, 15) is 19.5 Å². The van der Waals surface area contributed by atoms with E-state index in [1.807, 2.05) is 33.9 Å². The number of imide groups is 1. The Balaban J connectivity index is 1.51. The van der Waals surface area contributed by atoms with Crippen molar-refractivity contribution in [2.24, 2.45) is 5.92 Å². The first-order chi connectivity index (χ1) is 16.2. The number of amides is 4. The van der Waals surface area contributed by atoms with Gasteiger partial charge in [0.15, 0.2) is 0 Å². The molecule has 2 fully saturated rings. The van der Waals surface area contributed by atoms with Gasteiger partial charge in [-0.05, 0) is 48.6 Å².